The normalized spacial score (nSPS) is 23.9. The first kappa shape index (κ1) is 11.1. The van der Waals surface area contributed by atoms with Gasteiger partial charge in [0.25, 0.3) is 0 Å². The summed E-state index contributed by atoms with van der Waals surface area (Å²) in [5.74, 6) is -0.868. The number of carboxylic acids is 1. The molecule has 1 aliphatic rings. The number of methoxy groups -OCH3 is 1. The Bertz CT molecular complexity index is 425. The summed E-state index contributed by atoms with van der Waals surface area (Å²) in [5.41, 5.74) is 2.34. The fourth-order valence-corrected chi connectivity index (χ4v) is 2.41. The number of aromatic carboxylic acids is 1. The summed E-state index contributed by atoms with van der Waals surface area (Å²) in [6.45, 7) is 2.06. The van der Waals surface area contributed by atoms with Crippen molar-refractivity contribution < 1.29 is 14.6 Å². The van der Waals surface area contributed by atoms with Crippen LogP contribution in [0.25, 0.3) is 0 Å². The highest BCUT2D eigenvalue weighted by Gasteiger charge is 2.31. The lowest BCUT2D eigenvalue weighted by Crippen LogP contribution is -2.29. The first-order valence-electron chi connectivity index (χ1n) is 5.49. The first-order valence-corrected chi connectivity index (χ1v) is 5.49. The Morgan fingerprint density at radius 2 is 2.25 bits per heavy atom. The predicted octanol–water partition coefficient (Wildman–Crippen LogP) is 2.58. The second-order valence-electron chi connectivity index (χ2n) is 4.47. The van der Waals surface area contributed by atoms with Crippen molar-refractivity contribution in [2.75, 3.05) is 7.11 Å². The number of hydrogen-bond donors (Lipinski definition) is 1. The molecular weight excluding hydrogens is 204 g/mol. The van der Waals surface area contributed by atoms with Crippen LogP contribution in [-0.4, -0.2) is 18.2 Å². The number of hydrogen-bond acceptors (Lipinski definition) is 2. The summed E-state index contributed by atoms with van der Waals surface area (Å²) >= 11 is 0. The summed E-state index contributed by atoms with van der Waals surface area (Å²) in [6, 6.07) is 5.32. The number of fused-ring (bicyclic) bond motifs is 1. The van der Waals surface area contributed by atoms with Crippen molar-refractivity contribution in [2.24, 2.45) is 0 Å². The maximum absolute atomic E-state index is 10.9. The highest BCUT2D eigenvalue weighted by atomic mass is 16.5. The molecule has 1 aromatic carbocycles. The van der Waals surface area contributed by atoms with Crippen LogP contribution >= 0.6 is 0 Å². The van der Waals surface area contributed by atoms with Crippen LogP contribution in [0.2, 0.25) is 0 Å². The predicted molar refractivity (Wildman–Crippen MR) is 60.7 cm³/mol. The maximum Gasteiger partial charge on any atom is 0.335 e. The Balaban J connectivity index is 2.49. The average Bonchev–Trinajstić information content (AvgIpc) is 2.29. The lowest BCUT2D eigenvalue weighted by molar-refractivity contribution is -0.0125. The van der Waals surface area contributed by atoms with Gasteiger partial charge in [0, 0.05) is 7.11 Å². The summed E-state index contributed by atoms with van der Waals surface area (Å²) in [6.07, 6.45) is 2.97. The minimum Gasteiger partial charge on any atom is -0.478 e. The van der Waals surface area contributed by atoms with E-state index in [0.717, 1.165) is 30.4 Å². The number of benzene rings is 1. The monoisotopic (exact) mass is 220 g/mol. The second kappa shape index (κ2) is 3.91. The molecule has 16 heavy (non-hydrogen) atoms. The topological polar surface area (TPSA) is 46.5 Å². The lowest BCUT2D eigenvalue weighted by Gasteiger charge is -2.34. The van der Waals surface area contributed by atoms with Crippen LogP contribution in [0.4, 0.5) is 0 Å². The molecule has 1 unspecified atom stereocenters. The van der Waals surface area contributed by atoms with Crippen LogP contribution in [0.1, 0.15) is 41.3 Å². The summed E-state index contributed by atoms with van der Waals surface area (Å²) in [4.78, 5) is 10.9. The van der Waals surface area contributed by atoms with Gasteiger partial charge in [-0.05, 0) is 49.4 Å². The fourth-order valence-electron chi connectivity index (χ4n) is 2.41. The molecule has 0 radical (unpaired) electrons. The van der Waals surface area contributed by atoms with Gasteiger partial charge in [0.05, 0.1) is 11.2 Å². The molecule has 0 spiro atoms. The Morgan fingerprint density at radius 1 is 1.50 bits per heavy atom. The standard InChI is InChI=1S/C13H16O3/c1-13(16-2)7-3-4-9-8-10(12(14)15)5-6-11(9)13/h5-6,8H,3-4,7H2,1-2H3,(H,14,15). The zero-order valence-electron chi connectivity index (χ0n) is 9.62. The number of carbonyl (C=O) groups is 1. The van der Waals surface area contributed by atoms with Crippen molar-refractivity contribution in [3.63, 3.8) is 0 Å². The van der Waals surface area contributed by atoms with Crippen LogP contribution in [0.3, 0.4) is 0 Å². The van der Waals surface area contributed by atoms with Gasteiger partial charge >= 0.3 is 5.97 Å². The van der Waals surface area contributed by atoms with Crippen LogP contribution < -0.4 is 0 Å². The molecule has 1 aliphatic carbocycles. The molecule has 0 saturated heterocycles. The first-order chi connectivity index (χ1) is 7.57. The van der Waals surface area contributed by atoms with Gasteiger partial charge < -0.3 is 9.84 Å². The molecule has 0 fully saturated rings. The Kier molecular flexibility index (Phi) is 2.72. The van der Waals surface area contributed by atoms with E-state index in [-0.39, 0.29) is 5.60 Å². The molecule has 0 aliphatic heterocycles. The van der Waals surface area contributed by atoms with E-state index in [1.54, 1.807) is 19.2 Å². The lowest BCUT2D eigenvalue weighted by atomic mass is 9.79. The largest absolute Gasteiger partial charge is 0.478 e. The second-order valence-corrected chi connectivity index (χ2v) is 4.47. The van der Waals surface area contributed by atoms with E-state index < -0.39 is 5.97 Å². The van der Waals surface area contributed by atoms with Gasteiger partial charge in [-0.1, -0.05) is 6.07 Å². The zero-order valence-corrected chi connectivity index (χ0v) is 9.62. The van der Waals surface area contributed by atoms with Gasteiger partial charge in [-0.2, -0.15) is 0 Å². The highest BCUT2D eigenvalue weighted by molar-refractivity contribution is 5.88. The SMILES string of the molecule is COC1(C)CCCc2cc(C(=O)O)ccc21. The van der Waals surface area contributed by atoms with Crippen LogP contribution in [0.5, 0.6) is 0 Å². The molecule has 0 heterocycles. The average molecular weight is 220 g/mol. The molecule has 1 N–H and O–H groups in total. The van der Waals surface area contributed by atoms with Crippen molar-refractivity contribution in [2.45, 2.75) is 31.8 Å². The van der Waals surface area contributed by atoms with Crippen molar-refractivity contribution in [3.8, 4) is 0 Å². The maximum atomic E-state index is 10.9. The van der Waals surface area contributed by atoms with Gasteiger partial charge in [0.2, 0.25) is 0 Å². The number of carboxylic acid groups (broad SMARTS) is 1. The van der Waals surface area contributed by atoms with Crippen LogP contribution in [0.15, 0.2) is 18.2 Å². The van der Waals surface area contributed by atoms with E-state index in [1.807, 2.05) is 6.07 Å². The summed E-state index contributed by atoms with van der Waals surface area (Å²) in [5, 5.41) is 8.94. The van der Waals surface area contributed by atoms with E-state index in [0.29, 0.717) is 5.56 Å². The van der Waals surface area contributed by atoms with E-state index in [4.69, 9.17) is 9.84 Å². The molecule has 0 amide bonds. The van der Waals surface area contributed by atoms with Crippen LogP contribution in [-0.2, 0) is 16.8 Å². The van der Waals surface area contributed by atoms with Crippen molar-refractivity contribution in [3.05, 3.63) is 34.9 Å². The smallest absolute Gasteiger partial charge is 0.335 e. The third-order valence-corrected chi connectivity index (χ3v) is 3.47. The molecule has 86 valence electrons. The highest BCUT2D eigenvalue weighted by Crippen LogP contribution is 2.37. The Morgan fingerprint density at radius 3 is 2.88 bits per heavy atom. The third-order valence-electron chi connectivity index (χ3n) is 3.47. The van der Waals surface area contributed by atoms with Crippen molar-refractivity contribution >= 4 is 5.97 Å². The van der Waals surface area contributed by atoms with Gasteiger partial charge in [0.15, 0.2) is 0 Å². The molecule has 0 bridgehead atoms. The van der Waals surface area contributed by atoms with E-state index >= 15 is 0 Å². The van der Waals surface area contributed by atoms with Gasteiger partial charge in [-0.25, -0.2) is 4.79 Å². The van der Waals surface area contributed by atoms with E-state index in [1.165, 1.54) is 0 Å². The quantitative estimate of drug-likeness (QED) is 0.833. The Hall–Kier alpha value is -1.35. The van der Waals surface area contributed by atoms with E-state index in [9.17, 15) is 4.79 Å². The molecule has 1 atom stereocenters. The molecular formula is C13H16O3. The number of ether oxygens (including phenoxy) is 1. The molecule has 3 nitrogen and oxygen atoms in total. The number of aryl methyl sites for hydroxylation is 1. The van der Waals surface area contributed by atoms with E-state index in [2.05, 4.69) is 6.92 Å². The minimum absolute atomic E-state index is 0.259. The van der Waals surface area contributed by atoms with Gasteiger partial charge in [0.1, 0.15) is 0 Å². The van der Waals surface area contributed by atoms with Crippen molar-refractivity contribution in [1.29, 1.82) is 0 Å². The molecule has 3 heteroatoms. The Labute approximate surface area is 95.0 Å². The minimum atomic E-state index is -0.868. The summed E-state index contributed by atoms with van der Waals surface area (Å²) in [7, 11) is 1.71. The zero-order chi connectivity index (χ0) is 11.8. The van der Waals surface area contributed by atoms with Gasteiger partial charge in [-0.3, -0.25) is 0 Å². The van der Waals surface area contributed by atoms with Crippen molar-refractivity contribution in [1.82, 2.24) is 0 Å². The molecule has 0 aromatic heterocycles. The fraction of sp³-hybridized carbons (Fsp3) is 0.462. The summed E-state index contributed by atoms with van der Waals surface area (Å²) < 4.78 is 5.56. The van der Waals surface area contributed by atoms with Gasteiger partial charge in [-0.15, -0.1) is 0 Å². The number of rotatable bonds is 2. The third kappa shape index (κ3) is 1.71. The molecule has 1 aromatic rings. The molecule has 0 saturated carbocycles. The molecule has 2 rings (SSSR count). The van der Waals surface area contributed by atoms with Crippen LogP contribution in [0, 0.1) is 0 Å².